The van der Waals surface area contributed by atoms with E-state index in [9.17, 15) is 4.79 Å². The molecule has 1 amide bonds. The highest BCUT2D eigenvalue weighted by Gasteiger charge is 2.11. The summed E-state index contributed by atoms with van der Waals surface area (Å²) in [6.07, 6.45) is 3.18. The van der Waals surface area contributed by atoms with Crippen LogP contribution >= 0.6 is 27.3 Å². The fourth-order valence-corrected chi connectivity index (χ4v) is 2.99. The van der Waals surface area contributed by atoms with Crippen molar-refractivity contribution in [1.29, 1.82) is 0 Å². The summed E-state index contributed by atoms with van der Waals surface area (Å²) in [5.74, 6) is 0.00243. The first-order valence-electron chi connectivity index (χ1n) is 5.29. The van der Waals surface area contributed by atoms with Gasteiger partial charge in [-0.1, -0.05) is 0 Å². The number of nitrogen functional groups attached to an aromatic ring is 1. The molecule has 0 unspecified atom stereocenters. The maximum Gasteiger partial charge on any atom is 0.244 e. The number of carbonyl (C=O) groups is 1. The second-order valence-corrected chi connectivity index (χ2v) is 5.86. The number of aromatic nitrogens is 2. The number of nitrogens with zero attached hydrogens (tertiary/aromatic N) is 3. The normalized spacial score (nSPS) is 10.6. The van der Waals surface area contributed by atoms with E-state index in [2.05, 4.69) is 21.0 Å². The third-order valence-electron chi connectivity index (χ3n) is 2.39. The molecule has 0 saturated carbocycles. The average Bonchev–Trinajstić information content (AvgIpc) is 2.88. The third kappa shape index (κ3) is 3.33. The van der Waals surface area contributed by atoms with Crippen LogP contribution in [0.5, 0.6) is 0 Å². The molecule has 0 aliphatic rings. The summed E-state index contributed by atoms with van der Waals surface area (Å²) in [6, 6.07) is 2.01. The van der Waals surface area contributed by atoms with Crippen LogP contribution in [0.1, 0.15) is 4.88 Å². The summed E-state index contributed by atoms with van der Waals surface area (Å²) in [4.78, 5) is 14.8. The molecule has 5 nitrogen and oxygen atoms in total. The molecule has 18 heavy (non-hydrogen) atoms. The summed E-state index contributed by atoms with van der Waals surface area (Å²) in [5.41, 5.74) is 6.11. The molecule has 2 aromatic heterocycles. The number of carbonyl (C=O) groups excluding carboxylic acids is 1. The Morgan fingerprint density at radius 3 is 3.00 bits per heavy atom. The van der Waals surface area contributed by atoms with Crippen molar-refractivity contribution in [3.8, 4) is 0 Å². The first-order valence-corrected chi connectivity index (χ1v) is 6.96. The molecule has 2 rings (SSSR count). The molecule has 2 heterocycles. The van der Waals surface area contributed by atoms with E-state index in [0.29, 0.717) is 12.2 Å². The minimum atomic E-state index is 0.00243. The lowest BCUT2D eigenvalue weighted by Gasteiger charge is -2.16. The van der Waals surface area contributed by atoms with Gasteiger partial charge in [0.15, 0.2) is 0 Å². The second-order valence-electron chi connectivity index (χ2n) is 3.95. The first-order chi connectivity index (χ1) is 8.54. The van der Waals surface area contributed by atoms with E-state index in [1.807, 2.05) is 11.4 Å². The minimum Gasteiger partial charge on any atom is -0.396 e. The second kappa shape index (κ2) is 5.53. The van der Waals surface area contributed by atoms with Gasteiger partial charge in [0, 0.05) is 28.0 Å². The number of amides is 1. The number of hydrogen-bond donors (Lipinski definition) is 1. The van der Waals surface area contributed by atoms with Gasteiger partial charge in [-0.3, -0.25) is 9.48 Å². The number of hydrogen-bond acceptors (Lipinski definition) is 4. The van der Waals surface area contributed by atoms with Gasteiger partial charge in [-0.15, -0.1) is 11.3 Å². The Bertz CT molecular complexity index is 551. The summed E-state index contributed by atoms with van der Waals surface area (Å²) in [6.45, 7) is 0.812. The van der Waals surface area contributed by atoms with Crippen LogP contribution in [-0.2, 0) is 17.9 Å². The van der Waals surface area contributed by atoms with Crippen molar-refractivity contribution in [2.75, 3.05) is 12.8 Å². The van der Waals surface area contributed by atoms with Crippen LogP contribution in [0.3, 0.4) is 0 Å². The fraction of sp³-hybridized carbons (Fsp3) is 0.273. The summed E-state index contributed by atoms with van der Waals surface area (Å²) >= 11 is 5.02. The van der Waals surface area contributed by atoms with Crippen molar-refractivity contribution in [3.63, 3.8) is 0 Å². The van der Waals surface area contributed by atoms with Crippen molar-refractivity contribution < 1.29 is 4.79 Å². The quantitative estimate of drug-likeness (QED) is 0.932. The molecule has 0 fully saturated rings. The third-order valence-corrected chi connectivity index (χ3v) is 4.07. The summed E-state index contributed by atoms with van der Waals surface area (Å²) in [5, 5.41) is 5.99. The zero-order chi connectivity index (χ0) is 13.1. The largest absolute Gasteiger partial charge is 0.396 e. The van der Waals surface area contributed by atoms with Crippen LogP contribution in [-0.4, -0.2) is 27.6 Å². The lowest BCUT2D eigenvalue weighted by Crippen LogP contribution is -2.29. The van der Waals surface area contributed by atoms with E-state index >= 15 is 0 Å². The van der Waals surface area contributed by atoms with Crippen LogP contribution in [0.4, 0.5) is 5.69 Å². The van der Waals surface area contributed by atoms with Crippen LogP contribution < -0.4 is 5.73 Å². The number of likely N-dealkylation sites (N-methyl/N-ethyl adjacent to an activating group) is 1. The molecule has 96 valence electrons. The van der Waals surface area contributed by atoms with Gasteiger partial charge in [0.2, 0.25) is 5.91 Å². The van der Waals surface area contributed by atoms with E-state index in [0.717, 1.165) is 9.35 Å². The summed E-state index contributed by atoms with van der Waals surface area (Å²) < 4.78 is 2.58. The zero-order valence-corrected chi connectivity index (χ0v) is 12.2. The highest BCUT2D eigenvalue weighted by atomic mass is 79.9. The SMILES string of the molecule is CN(Cc1cc(Br)cs1)C(=O)Cn1cc(N)cn1. The van der Waals surface area contributed by atoms with Crippen LogP contribution in [0.25, 0.3) is 0 Å². The topological polar surface area (TPSA) is 64.2 Å². The number of nitrogens with two attached hydrogens (primary N) is 1. The molecule has 2 aromatic rings. The maximum absolute atomic E-state index is 12.0. The Morgan fingerprint density at radius 1 is 1.67 bits per heavy atom. The van der Waals surface area contributed by atoms with E-state index < -0.39 is 0 Å². The lowest BCUT2D eigenvalue weighted by atomic mass is 10.4. The van der Waals surface area contributed by atoms with Gasteiger partial charge in [0.25, 0.3) is 0 Å². The van der Waals surface area contributed by atoms with Crippen molar-refractivity contribution >= 4 is 38.9 Å². The number of anilines is 1. The smallest absolute Gasteiger partial charge is 0.244 e. The van der Waals surface area contributed by atoms with E-state index in [1.165, 1.54) is 6.20 Å². The van der Waals surface area contributed by atoms with Crippen LogP contribution in [0, 0.1) is 0 Å². The lowest BCUT2D eigenvalue weighted by molar-refractivity contribution is -0.131. The van der Waals surface area contributed by atoms with Gasteiger partial charge in [-0.25, -0.2) is 0 Å². The molecule has 2 N–H and O–H groups in total. The van der Waals surface area contributed by atoms with E-state index in [4.69, 9.17) is 5.73 Å². The highest BCUT2D eigenvalue weighted by Crippen LogP contribution is 2.20. The summed E-state index contributed by atoms with van der Waals surface area (Å²) in [7, 11) is 1.78. The first kappa shape index (κ1) is 13.1. The molecule has 7 heteroatoms. The highest BCUT2D eigenvalue weighted by molar-refractivity contribution is 9.10. The van der Waals surface area contributed by atoms with Crippen molar-refractivity contribution in [1.82, 2.24) is 14.7 Å². The van der Waals surface area contributed by atoms with Crippen molar-refractivity contribution in [3.05, 3.63) is 33.2 Å². The monoisotopic (exact) mass is 328 g/mol. The van der Waals surface area contributed by atoms with Crippen LogP contribution in [0.2, 0.25) is 0 Å². The molecule has 0 bridgehead atoms. The molecular weight excluding hydrogens is 316 g/mol. The van der Waals surface area contributed by atoms with Crippen LogP contribution in [0.15, 0.2) is 28.3 Å². The molecule has 0 aliphatic heterocycles. The van der Waals surface area contributed by atoms with Crippen molar-refractivity contribution in [2.45, 2.75) is 13.1 Å². The molecular formula is C11H13BrN4OS. The minimum absolute atomic E-state index is 0.00243. The van der Waals surface area contributed by atoms with Gasteiger partial charge in [0.05, 0.1) is 18.4 Å². The Hall–Kier alpha value is -1.34. The standard InChI is InChI=1S/C11H13BrN4OS/c1-15(5-10-2-8(12)7-18-10)11(17)6-16-4-9(13)3-14-16/h2-4,7H,5-6,13H2,1H3. The Kier molecular flexibility index (Phi) is 4.03. The average molecular weight is 329 g/mol. The number of thiophene rings is 1. The van der Waals surface area contributed by atoms with Crippen molar-refractivity contribution in [2.24, 2.45) is 0 Å². The molecule has 0 atom stereocenters. The molecule has 0 radical (unpaired) electrons. The fourth-order valence-electron chi connectivity index (χ4n) is 1.48. The molecule has 0 spiro atoms. The Morgan fingerprint density at radius 2 is 2.44 bits per heavy atom. The van der Waals surface area contributed by atoms with Gasteiger partial charge in [-0.05, 0) is 22.0 Å². The van der Waals surface area contributed by atoms with Gasteiger partial charge in [-0.2, -0.15) is 5.10 Å². The molecule has 0 saturated heterocycles. The Balaban J connectivity index is 1.92. The van der Waals surface area contributed by atoms with E-state index in [1.54, 1.807) is 34.2 Å². The maximum atomic E-state index is 12.0. The predicted octanol–water partition coefficient (Wildman–Crippen LogP) is 1.95. The van der Waals surface area contributed by atoms with Gasteiger partial charge in [0.1, 0.15) is 6.54 Å². The van der Waals surface area contributed by atoms with E-state index in [-0.39, 0.29) is 12.5 Å². The Labute approximate surface area is 117 Å². The van der Waals surface area contributed by atoms with Gasteiger partial charge < -0.3 is 10.6 Å². The molecule has 0 aromatic carbocycles. The zero-order valence-electron chi connectivity index (χ0n) is 9.84. The number of halogens is 1. The van der Waals surface area contributed by atoms with Gasteiger partial charge >= 0.3 is 0 Å². The number of rotatable bonds is 4. The molecule has 0 aliphatic carbocycles. The predicted molar refractivity (Wildman–Crippen MR) is 75.1 cm³/mol.